The molecule has 2 aromatic rings. The molecule has 5 rings (SSSR count). The molecule has 2 N–H and O–H groups in total. The summed E-state index contributed by atoms with van der Waals surface area (Å²) in [7, 11) is 0. The predicted molar refractivity (Wildman–Crippen MR) is 126 cm³/mol. The molecule has 7 heteroatoms. The van der Waals surface area contributed by atoms with E-state index in [2.05, 4.69) is 16.3 Å². The second-order valence-corrected chi connectivity index (χ2v) is 10.2. The van der Waals surface area contributed by atoms with Gasteiger partial charge >= 0.3 is 0 Å². The summed E-state index contributed by atoms with van der Waals surface area (Å²) in [5, 5.41) is 14.0. The number of carbonyl (C=O) groups excluding carboxylic acids is 2. The molecule has 0 radical (unpaired) electrons. The van der Waals surface area contributed by atoms with Crippen molar-refractivity contribution in [3.8, 4) is 0 Å². The van der Waals surface area contributed by atoms with Crippen molar-refractivity contribution >= 4 is 29.3 Å². The Hall–Kier alpha value is -2.35. The van der Waals surface area contributed by atoms with Gasteiger partial charge < -0.3 is 15.3 Å². The van der Waals surface area contributed by atoms with Crippen LogP contribution >= 0.6 is 11.8 Å². The molecule has 0 saturated carbocycles. The molecule has 3 aliphatic heterocycles. The molecule has 6 nitrogen and oxygen atoms in total. The molecule has 3 heterocycles. The lowest BCUT2D eigenvalue weighted by molar-refractivity contribution is -0.145. The number of fused-ring (bicyclic) bond motifs is 1. The highest BCUT2D eigenvalue weighted by Crippen LogP contribution is 2.41. The van der Waals surface area contributed by atoms with E-state index in [-0.39, 0.29) is 17.9 Å². The largest absolute Gasteiger partial charge is 0.391 e. The molecule has 3 aliphatic rings. The number of anilines is 1. The van der Waals surface area contributed by atoms with Crippen LogP contribution in [0.3, 0.4) is 0 Å². The Morgan fingerprint density at radius 1 is 1.12 bits per heavy atom. The maximum atomic E-state index is 13.3. The standard InChI is InChI=1S/C25H29N3O3S/c29-20-15-25(24(31)26-23(20)18-7-2-1-3-8-18)11-6-12-27(17-25)16-22(30)28-13-14-32-21-10-5-4-9-19(21)28/h1-5,7-10,20,23,29H,6,11-17H2,(H,26,31)/t20-,23+,25+/m1/s1. The first-order chi connectivity index (χ1) is 15.6. The number of thioether (sulfide) groups is 1. The van der Waals surface area contributed by atoms with Crippen LogP contribution in [0.5, 0.6) is 0 Å². The van der Waals surface area contributed by atoms with Gasteiger partial charge in [0.05, 0.1) is 29.8 Å². The van der Waals surface area contributed by atoms with Crippen LogP contribution in [0.1, 0.15) is 30.9 Å². The molecule has 0 bridgehead atoms. The van der Waals surface area contributed by atoms with E-state index in [0.717, 1.165) is 41.3 Å². The first-order valence-electron chi connectivity index (χ1n) is 11.3. The highest BCUT2D eigenvalue weighted by molar-refractivity contribution is 7.99. The van der Waals surface area contributed by atoms with E-state index in [9.17, 15) is 14.7 Å². The number of piperidine rings is 2. The number of aliphatic hydroxyl groups is 1. The molecular formula is C25H29N3O3S. The summed E-state index contributed by atoms with van der Waals surface area (Å²) in [6.07, 6.45) is 1.37. The first kappa shape index (κ1) is 21.5. The molecule has 2 saturated heterocycles. The van der Waals surface area contributed by atoms with Gasteiger partial charge in [0.1, 0.15) is 0 Å². The fourth-order valence-electron chi connectivity index (χ4n) is 5.39. The summed E-state index contributed by atoms with van der Waals surface area (Å²) in [5.41, 5.74) is 1.27. The molecule has 168 valence electrons. The SMILES string of the molecule is O=C(CN1CCC[C@]2(C[C@@H](O)[C@H](c3ccccc3)NC2=O)C1)N1CCSc2ccccc21. The van der Waals surface area contributed by atoms with Gasteiger partial charge in [0.15, 0.2) is 0 Å². The van der Waals surface area contributed by atoms with E-state index in [1.54, 1.807) is 11.8 Å². The molecule has 2 fully saturated rings. The summed E-state index contributed by atoms with van der Waals surface area (Å²) >= 11 is 1.78. The molecule has 0 aliphatic carbocycles. The van der Waals surface area contributed by atoms with Crippen LogP contribution in [0.2, 0.25) is 0 Å². The number of nitrogens with zero attached hydrogens (tertiary/aromatic N) is 2. The fourth-order valence-corrected chi connectivity index (χ4v) is 6.38. The summed E-state index contributed by atoms with van der Waals surface area (Å²) in [5.74, 6) is 0.963. The molecular weight excluding hydrogens is 422 g/mol. The monoisotopic (exact) mass is 451 g/mol. The van der Waals surface area contributed by atoms with Crippen LogP contribution in [0.4, 0.5) is 5.69 Å². The van der Waals surface area contributed by atoms with Gasteiger partial charge in [-0.3, -0.25) is 14.5 Å². The zero-order chi connectivity index (χ0) is 22.1. The molecule has 2 aromatic carbocycles. The smallest absolute Gasteiger partial charge is 0.241 e. The summed E-state index contributed by atoms with van der Waals surface area (Å²) in [4.78, 5) is 31.6. The third-order valence-electron chi connectivity index (χ3n) is 6.96. The van der Waals surface area contributed by atoms with E-state index < -0.39 is 11.5 Å². The van der Waals surface area contributed by atoms with Gasteiger partial charge in [-0.2, -0.15) is 0 Å². The van der Waals surface area contributed by atoms with Crippen LogP contribution in [0.25, 0.3) is 0 Å². The quantitative estimate of drug-likeness (QED) is 0.751. The highest BCUT2D eigenvalue weighted by atomic mass is 32.2. The molecule has 3 atom stereocenters. The number of hydrogen-bond acceptors (Lipinski definition) is 5. The molecule has 1 spiro atoms. The van der Waals surface area contributed by atoms with Crippen LogP contribution in [-0.4, -0.2) is 59.9 Å². The summed E-state index contributed by atoms with van der Waals surface area (Å²) in [6, 6.07) is 17.3. The minimum absolute atomic E-state index is 0.00600. The van der Waals surface area contributed by atoms with Gasteiger partial charge in [-0.25, -0.2) is 0 Å². The lowest BCUT2D eigenvalue weighted by Crippen LogP contribution is -2.60. The number of carbonyl (C=O) groups is 2. The van der Waals surface area contributed by atoms with Gasteiger partial charge in [0, 0.05) is 23.7 Å². The lowest BCUT2D eigenvalue weighted by atomic mass is 9.70. The maximum Gasteiger partial charge on any atom is 0.241 e. The predicted octanol–water partition coefficient (Wildman–Crippen LogP) is 2.83. The van der Waals surface area contributed by atoms with Crippen molar-refractivity contribution in [3.63, 3.8) is 0 Å². The Labute approximate surface area is 193 Å². The van der Waals surface area contributed by atoms with Crippen LogP contribution in [0, 0.1) is 5.41 Å². The van der Waals surface area contributed by atoms with Crippen LogP contribution < -0.4 is 10.2 Å². The third kappa shape index (κ3) is 4.05. The number of rotatable bonds is 3. The Bertz CT molecular complexity index is 1000. The fraction of sp³-hybridized carbons (Fsp3) is 0.440. The Morgan fingerprint density at radius 2 is 1.91 bits per heavy atom. The van der Waals surface area contributed by atoms with E-state index in [1.165, 1.54) is 0 Å². The van der Waals surface area contributed by atoms with Crippen molar-refractivity contribution < 1.29 is 14.7 Å². The van der Waals surface area contributed by atoms with E-state index >= 15 is 0 Å². The van der Waals surface area contributed by atoms with Crippen molar-refractivity contribution in [2.75, 3.05) is 36.8 Å². The van der Waals surface area contributed by atoms with Gasteiger partial charge in [-0.15, -0.1) is 11.8 Å². The summed E-state index contributed by atoms with van der Waals surface area (Å²) < 4.78 is 0. The average Bonchev–Trinajstić information content (AvgIpc) is 2.82. The zero-order valence-corrected chi connectivity index (χ0v) is 18.9. The van der Waals surface area contributed by atoms with Gasteiger partial charge in [0.2, 0.25) is 11.8 Å². The van der Waals surface area contributed by atoms with Crippen molar-refractivity contribution in [1.29, 1.82) is 0 Å². The van der Waals surface area contributed by atoms with E-state index in [4.69, 9.17) is 0 Å². The van der Waals surface area contributed by atoms with Crippen LogP contribution in [-0.2, 0) is 9.59 Å². The molecule has 0 unspecified atom stereocenters. The second-order valence-electron chi connectivity index (χ2n) is 9.09. The van der Waals surface area contributed by atoms with Gasteiger partial charge in [0.25, 0.3) is 0 Å². The summed E-state index contributed by atoms with van der Waals surface area (Å²) in [6.45, 7) is 2.31. The Balaban J connectivity index is 1.28. The number of likely N-dealkylation sites (tertiary alicyclic amines) is 1. The number of amides is 2. The number of aliphatic hydroxyl groups excluding tert-OH is 1. The topological polar surface area (TPSA) is 72.9 Å². The van der Waals surface area contributed by atoms with Crippen LogP contribution in [0.15, 0.2) is 59.5 Å². The average molecular weight is 452 g/mol. The lowest BCUT2D eigenvalue weighted by Gasteiger charge is -2.47. The van der Waals surface area contributed by atoms with Gasteiger partial charge in [-0.1, -0.05) is 42.5 Å². The zero-order valence-electron chi connectivity index (χ0n) is 18.1. The number of hydrogen-bond donors (Lipinski definition) is 2. The number of para-hydroxylation sites is 1. The molecule has 32 heavy (non-hydrogen) atoms. The Kier molecular flexibility index (Phi) is 5.97. The minimum Gasteiger partial charge on any atom is -0.391 e. The Morgan fingerprint density at radius 3 is 2.75 bits per heavy atom. The minimum atomic E-state index is -0.642. The normalized spacial score (nSPS) is 28.3. The van der Waals surface area contributed by atoms with E-state index in [0.29, 0.717) is 26.1 Å². The first-order valence-corrected chi connectivity index (χ1v) is 12.3. The highest BCUT2D eigenvalue weighted by Gasteiger charge is 2.49. The van der Waals surface area contributed by atoms with Gasteiger partial charge in [-0.05, 0) is 43.5 Å². The molecule has 0 aromatic heterocycles. The van der Waals surface area contributed by atoms with Crippen molar-refractivity contribution in [2.24, 2.45) is 5.41 Å². The van der Waals surface area contributed by atoms with Crippen molar-refractivity contribution in [3.05, 3.63) is 60.2 Å². The second kappa shape index (κ2) is 8.89. The van der Waals surface area contributed by atoms with Crippen molar-refractivity contribution in [1.82, 2.24) is 10.2 Å². The molecule has 2 amide bonds. The number of nitrogens with one attached hydrogen (secondary N) is 1. The van der Waals surface area contributed by atoms with E-state index in [1.807, 2.05) is 53.4 Å². The maximum absolute atomic E-state index is 13.3. The van der Waals surface area contributed by atoms with Crippen molar-refractivity contribution in [2.45, 2.75) is 36.3 Å². The number of benzene rings is 2. The third-order valence-corrected chi connectivity index (χ3v) is 8.00.